The summed E-state index contributed by atoms with van der Waals surface area (Å²) in [4.78, 5) is -0.0184. The van der Waals surface area contributed by atoms with Crippen LogP contribution >= 0.6 is 11.6 Å². The molecule has 0 fully saturated rings. The van der Waals surface area contributed by atoms with Crippen molar-refractivity contribution < 1.29 is 27.4 Å². The van der Waals surface area contributed by atoms with Crippen LogP contribution in [0.25, 0.3) is 0 Å². The van der Waals surface area contributed by atoms with Crippen molar-refractivity contribution in [3.63, 3.8) is 0 Å². The number of sulfonamides is 1. The molecule has 176 valence electrons. The van der Waals surface area contributed by atoms with E-state index in [9.17, 15) is 8.42 Å². The third kappa shape index (κ3) is 4.82. The summed E-state index contributed by atoms with van der Waals surface area (Å²) < 4.78 is 50.9. The molecule has 7 nitrogen and oxygen atoms in total. The van der Waals surface area contributed by atoms with Crippen molar-refractivity contribution in [1.82, 2.24) is 0 Å². The van der Waals surface area contributed by atoms with E-state index in [1.54, 1.807) is 62.6 Å². The fourth-order valence-electron chi connectivity index (χ4n) is 3.58. The topological polar surface area (TPSA) is 74.3 Å². The van der Waals surface area contributed by atoms with Gasteiger partial charge in [-0.25, -0.2) is 8.42 Å². The maximum Gasteiger partial charge on any atom is 0.266 e. The highest BCUT2D eigenvalue weighted by Crippen LogP contribution is 2.42. The third-order valence-electron chi connectivity index (χ3n) is 5.23. The predicted octanol–water partition coefficient (Wildman–Crippen LogP) is 5.33. The van der Waals surface area contributed by atoms with E-state index in [-0.39, 0.29) is 9.92 Å². The van der Waals surface area contributed by atoms with Crippen LogP contribution in [0.15, 0.2) is 65.6 Å². The van der Waals surface area contributed by atoms with Gasteiger partial charge in [0.1, 0.15) is 16.4 Å². The zero-order chi connectivity index (χ0) is 24.2. The summed E-state index contributed by atoms with van der Waals surface area (Å²) >= 11 is 6.31. The van der Waals surface area contributed by atoms with Crippen molar-refractivity contribution in [1.29, 1.82) is 0 Å². The van der Waals surface area contributed by atoms with Crippen LogP contribution in [0.2, 0.25) is 5.02 Å². The predicted molar refractivity (Wildman–Crippen MR) is 129 cm³/mol. The number of hydrogen-bond donors (Lipinski definition) is 0. The molecule has 3 aromatic carbocycles. The molecule has 0 aliphatic carbocycles. The fourth-order valence-corrected chi connectivity index (χ4v) is 5.71. The van der Waals surface area contributed by atoms with Gasteiger partial charge in [-0.1, -0.05) is 23.7 Å². The Labute approximate surface area is 199 Å². The maximum atomic E-state index is 14.0. The molecule has 1 atom stereocenters. The molecular formula is C24H26ClNO6S. The Hall–Kier alpha value is -3.10. The Balaban J connectivity index is 2.28. The minimum Gasteiger partial charge on any atom is -0.497 e. The molecule has 3 rings (SSSR count). The van der Waals surface area contributed by atoms with Crippen LogP contribution in [0.1, 0.15) is 18.5 Å². The summed E-state index contributed by atoms with van der Waals surface area (Å²) in [7, 11) is 1.96. The SMILES string of the molecule is COc1ccc(OC)c(C(C)N(c2ccc(OC)c(OC)c2)S(=O)(=O)c2ccccc2Cl)c1. The van der Waals surface area contributed by atoms with Gasteiger partial charge in [0.2, 0.25) is 0 Å². The van der Waals surface area contributed by atoms with Crippen molar-refractivity contribution in [3.05, 3.63) is 71.2 Å². The molecular weight excluding hydrogens is 466 g/mol. The van der Waals surface area contributed by atoms with Crippen LogP contribution in [0.3, 0.4) is 0 Å². The number of ether oxygens (including phenoxy) is 4. The van der Waals surface area contributed by atoms with Crippen molar-refractivity contribution in [2.45, 2.75) is 17.9 Å². The van der Waals surface area contributed by atoms with Crippen molar-refractivity contribution in [3.8, 4) is 23.0 Å². The van der Waals surface area contributed by atoms with Gasteiger partial charge in [0.05, 0.1) is 45.2 Å². The molecule has 0 radical (unpaired) electrons. The molecule has 33 heavy (non-hydrogen) atoms. The van der Waals surface area contributed by atoms with Crippen LogP contribution in [-0.2, 0) is 10.0 Å². The molecule has 0 spiro atoms. The second-order valence-corrected chi connectivity index (χ2v) is 9.24. The van der Waals surface area contributed by atoms with Crippen molar-refractivity contribution >= 4 is 27.3 Å². The standard InChI is InChI=1S/C24H26ClNO6S/c1-16(19-15-18(29-2)11-13-21(19)30-3)26(17-10-12-22(31-4)23(14-17)32-5)33(27,28)24-9-7-6-8-20(24)25/h6-16H,1-5H3. The number of methoxy groups -OCH3 is 4. The van der Waals surface area contributed by atoms with E-state index in [4.69, 9.17) is 30.5 Å². The summed E-state index contributed by atoms with van der Waals surface area (Å²) in [6.07, 6.45) is 0. The average molecular weight is 492 g/mol. The molecule has 0 N–H and O–H groups in total. The monoisotopic (exact) mass is 491 g/mol. The van der Waals surface area contributed by atoms with E-state index < -0.39 is 16.1 Å². The van der Waals surface area contributed by atoms with Gasteiger partial charge in [-0.15, -0.1) is 0 Å². The summed E-state index contributed by atoms with van der Waals surface area (Å²) in [5, 5.41) is 0.118. The molecule has 9 heteroatoms. The van der Waals surface area contributed by atoms with Gasteiger partial charge in [0, 0.05) is 11.6 Å². The second kappa shape index (κ2) is 10.2. The number of anilines is 1. The Kier molecular flexibility index (Phi) is 7.61. The van der Waals surface area contributed by atoms with Gasteiger partial charge in [0.25, 0.3) is 10.0 Å². The summed E-state index contributed by atoms with van der Waals surface area (Å²) in [6, 6.07) is 15.8. The lowest BCUT2D eigenvalue weighted by atomic mass is 10.1. The number of nitrogens with zero attached hydrogens (tertiary/aromatic N) is 1. The van der Waals surface area contributed by atoms with Crippen LogP contribution in [0.5, 0.6) is 23.0 Å². The van der Waals surface area contributed by atoms with E-state index in [1.807, 2.05) is 0 Å². The first-order chi connectivity index (χ1) is 15.8. The van der Waals surface area contributed by atoms with Gasteiger partial charge in [-0.2, -0.15) is 0 Å². The highest BCUT2D eigenvalue weighted by molar-refractivity contribution is 7.93. The first kappa shape index (κ1) is 24.5. The van der Waals surface area contributed by atoms with E-state index in [0.29, 0.717) is 34.2 Å². The number of benzene rings is 3. The lowest BCUT2D eigenvalue weighted by Gasteiger charge is -2.32. The Morgan fingerprint density at radius 1 is 0.788 bits per heavy atom. The Morgan fingerprint density at radius 3 is 2.03 bits per heavy atom. The normalized spacial score (nSPS) is 12.1. The highest BCUT2D eigenvalue weighted by atomic mass is 35.5. The summed E-state index contributed by atoms with van der Waals surface area (Å²) in [5.74, 6) is 1.95. The molecule has 1 unspecified atom stereocenters. The number of rotatable bonds is 9. The number of hydrogen-bond acceptors (Lipinski definition) is 6. The van der Waals surface area contributed by atoms with E-state index in [1.165, 1.54) is 37.8 Å². The van der Waals surface area contributed by atoms with Crippen molar-refractivity contribution in [2.75, 3.05) is 32.7 Å². The van der Waals surface area contributed by atoms with Gasteiger partial charge in [-0.3, -0.25) is 4.31 Å². The van der Waals surface area contributed by atoms with Crippen LogP contribution < -0.4 is 23.3 Å². The quantitative estimate of drug-likeness (QED) is 0.402. The molecule has 0 aliphatic rings. The molecule has 0 aromatic heterocycles. The molecule has 3 aromatic rings. The van der Waals surface area contributed by atoms with Crippen LogP contribution in [0.4, 0.5) is 5.69 Å². The van der Waals surface area contributed by atoms with E-state index >= 15 is 0 Å². The number of halogens is 1. The summed E-state index contributed by atoms with van der Waals surface area (Å²) in [6.45, 7) is 1.77. The summed E-state index contributed by atoms with van der Waals surface area (Å²) in [5.41, 5.74) is 0.979. The lowest BCUT2D eigenvalue weighted by molar-refractivity contribution is 0.355. The Morgan fingerprint density at radius 2 is 1.42 bits per heavy atom. The molecule has 0 bridgehead atoms. The molecule has 0 saturated heterocycles. The lowest BCUT2D eigenvalue weighted by Crippen LogP contribution is -2.34. The van der Waals surface area contributed by atoms with Gasteiger partial charge < -0.3 is 18.9 Å². The Bertz CT molecular complexity index is 1230. The average Bonchev–Trinajstić information content (AvgIpc) is 2.83. The highest BCUT2D eigenvalue weighted by Gasteiger charge is 2.34. The minimum atomic E-state index is -4.11. The second-order valence-electron chi connectivity index (χ2n) is 7.05. The molecule has 0 aliphatic heterocycles. The van der Waals surface area contributed by atoms with Crippen LogP contribution in [0, 0.1) is 0 Å². The molecule has 0 amide bonds. The third-order valence-corrected chi connectivity index (χ3v) is 7.63. The first-order valence-electron chi connectivity index (χ1n) is 10.0. The van der Waals surface area contributed by atoms with Crippen LogP contribution in [-0.4, -0.2) is 36.9 Å². The van der Waals surface area contributed by atoms with Gasteiger partial charge in [0.15, 0.2) is 11.5 Å². The van der Waals surface area contributed by atoms with E-state index in [2.05, 4.69) is 0 Å². The minimum absolute atomic E-state index is 0.0184. The van der Waals surface area contributed by atoms with Gasteiger partial charge >= 0.3 is 0 Å². The molecule has 0 saturated carbocycles. The molecule has 0 heterocycles. The fraction of sp³-hybridized carbons (Fsp3) is 0.250. The van der Waals surface area contributed by atoms with Crippen molar-refractivity contribution in [2.24, 2.45) is 0 Å². The largest absolute Gasteiger partial charge is 0.497 e. The maximum absolute atomic E-state index is 14.0. The van der Waals surface area contributed by atoms with E-state index in [0.717, 1.165) is 0 Å². The zero-order valence-electron chi connectivity index (χ0n) is 19.0. The zero-order valence-corrected chi connectivity index (χ0v) is 20.6. The first-order valence-corrected chi connectivity index (χ1v) is 11.8. The van der Waals surface area contributed by atoms with Gasteiger partial charge in [-0.05, 0) is 49.4 Å². The smallest absolute Gasteiger partial charge is 0.266 e.